The van der Waals surface area contributed by atoms with Crippen LogP contribution in [0.3, 0.4) is 0 Å². The van der Waals surface area contributed by atoms with Crippen LogP contribution in [-0.2, 0) is 57.5 Å². The van der Waals surface area contributed by atoms with Crippen molar-refractivity contribution in [2.45, 2.75) is 167 Å². The summed E-state index contributed by atoms with van der Waals surface area (Å²) in [5, 5.41) is 29.4. The molecule has 0 radical (unpaired) electrons. The molecule has 376 valence electrons. The highest BCUT2D eigenvalue weighted by Gasteiger charge is 2.36. The van der Waals surface area contributed by atoms with Crippen LogP contribution in [0, 0.1) is 23.7 Å². The number of hydrogen-bond donors (Lipinski definition) is 8. The van der Waals surface area contributed by atoms with E-state index >= 15 is 0 Å². The van der Waals surface area contributed by atoms with Crippen molar-refractivity contribution < 1.29 is 67.7 Å². The lowest BCUT2D eigenvalue weighted by molar-refractivity contribution is -0.142. The van der Waals surface area contributed by atoms with Crippen LogP contribution >= 0.6 is 0 Å². The zero-order valence-electron chi connectivity index (χ0n) is 39.4. The number of carbonyl (C=O) groups is 12. The second-order valence-electron chi connectivity index (χ2n) is 18.4. The number of nitrogens with zero attached hydrogens (tertiary/aromatic N) is 1. The minimum atomic E-state index is -1.51. The van der Waals surface area contributed by atoms with Gasteiger partial charge in [0.25, 0.3) is 0 Å². The first-order valence-corrected chi connectivity index (χ1v) is 23.4. The molecule has 0 aromatic rings. The Hall–Kier alpha value is -5.28. The number of carboxylic acid groups (broad SMARTS) is 1. The summed E-state index contributed by atoms with van der Waals surface area (Å²) in [7, 11) is 0. The lowest BCUT2D eigenvalue weighted by Crippen LogP contribution is -2.45. The van der Waals surface area contributed by atoms with E-state index in [9.17, 15) is 67.7 Å². The maximum Gasteiger partial charge on any atom is 0.304 e. The van der Waals surface area contributed by atoms with E-state index in [1.165, 1.54) is 18.7 Å². The van der Waals surface area contributed by atoms with Crippen molar-refractivity contribution in [1.82, 2.24) is 26.2 Å². The Bertz CT molecular complexity index is 1800. The van der Waals surface area contributed by atoms with Crippen molar-refractivity contribution in [1.29, 1.82) is 0 Å². The highest BCUT2D eigenvalue weighted by atomic mass is 16.4. The molecule has 67 heavy (non-hydrogen) atoms. The Morgan fingerprint density at radius 1 is 0.761 bits per heavy atom. The van der Waals surface area contributed by atoms with Crippen molar-refractivity contribution >= 4 is 70.2 Å². The smallest absolute Gasteiger partial charge is 0.304 e. The summed E-state index contributed by atoms with van der Waals surface area (Å²) in [5.74, 6) is -10.4. The van der Waals surface area contributed by atoms with Gasteiger partial charge in [-0.15, -0.1) is 0 Å². The molecule has 0 aliphatic carbocycles. The lowest BCUT2D eigenvalue weighted by atomic mass is 9.90. The summed E-state index contributed by atoms with van der Waals surface area (Å²) in [6.45, 7) is 6.95. The number of aliphatic carboxylic acids is 1. The highest BCUT2D eigenvalue weighted by molar-refractivity contribution is 5.98. The van der Waals surface area contributed by atoms with E-state index in [4.69, 9.17) is 11.5 Å². The molecule has 10 N–H and O–H groups in total. The average molecular weight is 948 g/mol. The standard InChI is InChI=1S/C46H73N7O14/c1-26(2)18-30(46(67)51-27(3)37(57)12-15-43(63)53-17-7-9-36(53)40(60)20-29(28(4)54)8-5-6-16-47)19-32(55)25-50-45(66)31(22-44(64)65)21-39(59)34(10-13-41(48)61)52-42(62)14-11-38(58)35-23-33(56)24-49-35/h26-27,29-31,33-36,49,56H,5-25,47H2,1-4H3,(H2,48,61)(H,50,66)(H,51,67)(H,52,62)(H,64,65)/t27-,29+,30+,31-,33+,34-,35-,36-/m0/s1. The second-order valence-corrected chi connectivity index (χ2v) is 18.4. The number of carboxylic acids is 1. The van der Waals surface area contributed by atoms with Crippen molar-refractivity contribution in [3.8, 4) is 0 Å². The Morgan fingerprint density at radius 2 is 1.46 bits per heavy atom. The van der Waals surface area contributed by atoms with Gasteiger partial charge in [-0.05, 0) is 71.3 Å². The predicted octanol–water partition coefficient (Wildman–Crippen LogP) is -0.265. The van der Waals surface area contributed by atoms with Gasteiger partial charge in [-0.25, -0.2) is 0 Å². The van der Waals surface area contributed by atoms with Gasteiger partial charge < -0.3 is 47.8 Å². The number of likely N-dealkylation sites (tertiary alicyclic amines) is 1. The summed E-state index contributed by atoms with van der Waals surface area (Å²) in [6, 6.07) is -3.71. The van der Waals surface area contributed by atoms with Gasteiger partial charge in [0.1, 0.15) is 11.6 Å². The van der Waals surface area contributed by atoms with Crippen LogP contribution in [0.1, 0.15) is 137 Å². The SMILES string of the molecule is CC(=O)[C@H](CCCCN)CC(=O)[C@@H]1CCCN1C(=O)CCC(=O)[C@H](C)NC(=O)[C@@H](CC(=O)CNC(=O)[C@H](CC(=O)O)CC(=O)[C@H](CCC(N)=O)NC(=O)CCC(=O)[C@@H]1C[C@@H](O)CN1)CC(C)C. The van der Waals surface area contributed by atoms with Crippen LogP contribution in [0.25, 0.3) is 0 Å². The summed E-state index contributed by atoms with van der Waals surface area (Å²) < 4.78 is 0. The quantitative estimate of drug-likeness (QED) is 0.0385. The molecule has 0 spiro atoms. The third-order valence-corrected chi connectivity index (χ3v) is 12.2. The first kappa shape index (κ1) is 57.8. The molecule has 21 nitrogen and oxygen atoms in total. The number of aliphatic hydroxyl groups is 1. The van der Waals surface area contributed by atoms with Gasteiger partial charge in [0.2, 0.25) is 29.5 Å². The average Bonchev–Trinajstić information content (AvgIpc) is 3.93. The van der Waals surface area contributed by atoms with Gasteiger partial charge in [-0.1, -0.05) is 20.3 Å². The van der Waals surface area contributed by atoms with Crippen LogP contribution in [0.15, 0.2) is 0 Å². The molecule has 5 amide bonds. The van der Waals surface area contributed by atoms with Crippen molar-refractivity contribution in [3.63, 3.8) is 0 Å². The van der Waals surface area contributed by atoms with Gasteiger partial charge >= 0.3 is 5.97 Å². The normalized spacial score (nSPS) is 19.1. The summed E-state index contributed by atoms with van der Waals surface area (Å²) in [4.78, 5) is 155. The van der Waals surface area contributed by atoms with Crippen molar-refractivity contribution in [2.75, 3.05) is 26.2 Å². The first-order valence-electron chi connectivity index (χ1n) is 23.4. The summed E-state index contributed by atoms with van der Waals surface area (Å²) >= 11 is 0. The molecule has 0 saturated carbocycles. The van der Waals surface area contributed by atoms with Gasteiger partial charge in [0.15, 0.2) is 23.1 Å². The largest absolute Gasteiger partial charge is 0.481 e. The fraction of sp³-hybridized carbons (Fsp3) is 0.739. The van der Waals surface area contributed by atoms with Crippen molar-refractivity contribution in [2.24, 2.45) is 35.1 Å². The topological polar surface area (TPSA) is 349 Å². The van der Waals surface area contributed by atoms with Gasteiger partial charge in [0.05, 0.1) is 49.2 Å². The molecule has 0 aromatic heterocycles. The molecular weight excluding hydrogens is 875 g/mol. The molecule has 2 saturated heterocycles. The third-order valence-electron chi connectivity index (χ3n) is 12.2. The van der Waals surface area contributed by atoms with E-state index in [2.05, 4.69) is 21.3 Å². The zero-order valence-corrected chi connectivity index (χ0v) is 39.4. The number of unbranched alkanes of at least 4 members (excludes halogenated alkanes) is 1. The molecule has 21 heteroatoms. The Balaban J connectivity index is 1.98. The van der Waals surface area contributed by atoms with Crippen LogP contribution in [0.5, 0.6) is 0 Å². The number of nitrogens with one attached hydrogen (secondary N) is 4. The van der Waals surface area contributed by atoms with E-state index in [0.717, 1.165) is 6.42 Å². The van der Waals surface area contributed by atoms with E-state index in [0.29, 0.717) is 38.8 Å². The van der Waals surface area contributed by atoms with Crippen LogP contribution in [0.4, 0.5) is 0 Å². The number of amides is 5. The van der Waals surface area contributed by atoms with E-state index in [1.54, 1.807) is 0 Å². The summed E-state index contributed by atoms with van der Waals surface area (Å²) in [6.07, 6.45) is -0.699. The molecule has 2 aliphatic rings. The molecular formula is C46H73N7O14. The maximum absolute atomic E-state index is 13.4. The number of Topliss-reactive ketones (excluding diaryl/α,β-unsaturated/α-hetero) is 6. The Kier molecular flexibility index (Phi) is 25.4. The van der Waals surface area contributed by atoms with Gasteiger partial charge in [-0.3, -0.25) is 57.5 Å². The number of aliphatic hydroxyl groups excluding tert-OH is 1. The van der Waals surface area contributed by atoms with Gasteiger partial charge in [0, 0.05) is 76.3 Å². The van der Waals surface area contributed by atoms with E-state index in [-0.39, 0.29) is 99.9 Å². The molecule has 2 aliphatic heterocycles. The maximum atomic E-state index is 13.4. The minimum Gasteiger partial charge on any atom is -0.481 e. The van der Waals surface area contributed by atoms with Crippen LogP contribution < -0.4 is 32.7 Å². The van der Waals surface area contributed by atoms with Gasteiger partial charge in [-0.2, -0.15) is 0 Å². The molecule has 0 bridgehead atoms. The molecule has 8 atom stereocenters. The molecule has 0 aromatic carbocycles. The molecule has 2 rings (SSSR count). The number of ketones is 6. The number of β-amino-alcohol motifs (C(OH)–C–C–N with tert-alkyl or cyclic N) is 1. The Morgan fingerprint density at radius 3 is 2.06 bits per heavy atom. The van der Waals surface area contributed by atoms with E-state index in [1.807, 2.05) is 13.8 Å². The summed E-state index contributed by atoms with van der Waals surface area (Å²) in [5.41, 5.74) is 10.8. The van der Waals surface area contributed by atoms with E-state index < -0.39 is 114 Å². The molecule has 2 heterocycles. The number of rotatable bonds is 34. The second kappa shape index (κ2) is 29.5. The lowest BCUT2D eigenvalue weighted by Gasteiger charge is -2.25. The van der Waals surface area contributed by atoms with Crippen LogP contribution in [0.2, 0.25) is 0 Å². The first-order chi connectivity index (χ1) is 31.5. The number of hydrogen-bond acceptors (Lipinski definition) is 15. The Labute approximate surface area is 391 Å². The molecule has 0 unspecified atom stereocenters. The highest BCUT2D eigenvalue weighted by Crippen LogP contribution is 2.25. The fourth-order valence-electron chi connectivity index (χ4n) is 8.39. The number of primary amides is 1. The zero-order chi connectivity index (χ0) is 50.4. The molecule has 2 fully saturated rings. The van der Waals surface area contributed by atoms with Crippen molar-refractivity contribution in [3.05, 3.63) is 0 Å². The predicted molar refractivity (Wildman–Crippen MR) is 241 cm³/mol. The third kappa shape index (κ3) is 21.5. The monoisotopic (exact) mass is 948 g/mol. The fourth-order valence-corrected chi connectivity index (χ4v) is 8.39. The number of nitrogens with two attached hydrogens (primary N) is 2. The van der Waals surface area contributed by atoms with Crippen LogP contribution in [-0.4, -0.2) is 142 Å². The number of carbonyl (C=O) groups excluding carboxylic acids is 11. The minimum absolute atomic E-state index is 0.0262.